The molecule has 9 heteroatoms. The number of aryl methyl sites for hydroxylation is 3. The number of anilines is 2. The number of hydrogen-bond donors (Lipinski definition) is 1. The third-order valence-corrected chi connectivity index (χ3v) is 6.46. The molecule has 1 saturated heterocycles. The van der Waals surface area contributed by atoms with E-state index in [1.807, 2.05) is 32.0 Å². The fraction of sp³-hybridized carbons (Fsp3) is 0.357. The van der Waals surface area contributed by atoms with Gasteiger partial charge in [0.25, 0.3) is 11.5 Å². The van der Waals surface area contributed by atoms with Crippen LogP contribution in [0.2, 0.25) is 0 Å². The summed E-state index contributed by atoms with van der Waals surface area (Å²) in [5.74, 6) is 0.510. The maximum Gasteiger partial charge on any atom is 0.309 e. The first kappa shape index (κ1) is 25.9. The SMILES string of the molecule is CCOC(=O)C1CCN(C(=O)c2ccc(Nc3c(Oc4ccc(C)cc4C)cnn(C)c3=O)cc2)CC1. The third kappa shape index (κ3) is 5.99. The van der Waals surface area contributed by atoms with Crippen LogP contribution in [0.4, 0.5) is 11.4 Å². The van der Waals surface area contributed by atoms with Gasteiger partial charge in [-0.2, -0.15) is 5.10 Å². The van der Waals surface area contributed by atoms with E-state index in [0.29, 0.717) is 55.3 Å². The van der Waals surface area contributed by atoms with E-state index < -0.39 is 0 Å². The lowest BCUT2D eigenvalue weighted by atomic mass is 9.96. The number of hydrogen-bond acceptors (Lipinski definition) is 7. The number of aromatic nitrogens is 2. The van der Waals surface area contributed by atoms with Crippen molar-refractivity contribution in [1.29, 1.82) is 0 Å². The molecule has 0 unspecified atom stereocenters. The number of amides is 1. The summed E-state index contributed by atoms with van der Waals surface area (Å²) in [6, 6.07) is 12.8. The van der Waals surface area contributed by atoms with Crippen molar-refractivity contribution in [2.45, 2.75) is 33.6 Å². The molecule has 3 aromatic rings. The van der Waals surface area contributed by atoms with Gasteiger partial charge in [-0.1, -0.05) is 17.7 Å². The average molecular weight is 505 g/mol. The largest absolute Gasteiger partial charge is 0.466 e. The molecule has 194 valence electrons. The van der Waals surface area contributed by atoms with Crippen molar-refractivity contribution in [1.82, 2.24) is 14.7 Å². The standard InChI is InChI=1S/C28H32N4O5/c1-5-36-28(35)21-12-14-32(15-13-21)26(33)20-7-9-22(10-8-20)30-25-24(17-29-31(4)27(25)34)37-23-11-6-18(2)16-19(23)3/h6-11,16-17,21,30H,5,12-15H2,1-4H3. The van der Waals surface area contributed by atoms with Crippen LogP contribution in [-0.2, 0) is 16.6 Å². The quantitative estimate of drug-likeness (QED) is 0.477. The summed E-state index contributed by atoms with van der Waals surface area (Å²) >= 11 is 0. The molecule has 9 nitrogen and oxygen atoms in total. The van der Waals surface area contributed by atoms with Gasteiger partial charge in [-0.15, -0.1) is 0 Å². The molecule has 0 bridgehead atoms. The predicted octanol–water partition coefficient (Wildman–Crippen LogP) is 4.35. The summed E-state index contributed by atoms with van der Waals surface area (Å²) < 4.78 is 12.4. The normalized spacial score (nSPS) is 13.8. The zero-order valence-corrected chi connectivity index (χ0v) is 21.6. The highest BCUT2D eigenvalue weighted by molar-refractivity contribution is 5.94. The first-order valence-corrected chi connectivity index (χ1v) is 12.4. The van der Waals surface area contributed by atoms with E-state index in [4.69, 9.17) is 9.47 Å². The lowest BCUT2D eigenvalue weighted by Crippen LogP contribution is -2.40. The van der Waals surface area contributed by atoms with Gasteiger partial charge >= 0.3 is 5.97 Å². The molecular weight excluding hydrogens is 472 g/mol. The number of likely N-dealkylation sites (tertiary alicyclic amines) is 1. The van der Waals surface area contributed by atoms with Gasteiger partial charge in [0, 0.05) is 31.4 Å². The van der Waals surface area contributed by atoms with Crippen LogP contribution in [0.3, 0.4) is 0 Å². The Labute approximate surface area is 216 Å². The number of piperidine rings is 1. The van der Waals surface area contributed by atoms with Gasteiger partial charge in [0.05, 0.1) is 18.7 Å². The van der Waals surface area contributed by atoms with Crippen molar-refractivity contribution < 1.29 is 19.1 Å². The summed E-state index contributed by atoms with van der Waals surface area (Å²) in [5, 5.41) is 7.23. The molecule has 1 N–H and O–H groups in total. The smallest absolute Gasteiger partial charge is 0.309 e. The van der Waals surface area contributed by atoms with E-state index in [-0.39, 0.29) is 29.0 Å². The Bertz CT molecular complexity index is 1340. The second-order valence-electron chi connectivity index (χ2n) is 9.20. The molecule has 0 saturated carbocycles. The van der Waals surface area contributed by atoms with E-state index in [0.717, 1.165) is 11.1 Å². The van der Waals surface area contributed by atoms with E-state index in [9.17, 15) is 14.4 Å². The van der Waals surface area contributed by atoms with Crippen LogP contribution >= 0.6 is 0 Å². The van der Waals surface area contributed by atoms with E-state index in [2.05, 4.69) is 10.4 Å². The van der Waals surface area contributed by atoms with Crippen LogP contribution in [0.15, 0.2) is 53.5 Å². The number of ether oxygens (including phenoxy) is 2. The van der Waals surface area contributed by atoms with Crippen molar-refractivity contribution >= 4 is 23.3 Å². The van der Waals surface area contributed by atoms with Crippen molar-refractivity contribution in [3.63, 3.8) is 0 Å². The zero-order valence-electron chi connectivity index (χ0n) is 21.6. The Hall–Kier alpha value is -4.14. The molecule has 0 radical (unpaired) electrons. The second kappa shape index (κ2) is 11.3. The summed E-state index contributed by atoms with van der Waals surface area (Å²) in [4.78, 5) is 39.6. The highest BCUT2D eigenvalue weighted by Gasteiger charge is 2.28. The highest BCUT2D eigenvalue weighted by Crippen LogP contribution is 2.31. The van der Waals surface area contributed by atoms with Gasteiger partial charge < -0.3 is 19.7 Å². The average Bonchev–Trinajstić information content (AvgIpc) is 2.90. The van der Waals surface area contributed by atoms with Crippen LogP contribution in [0.1, 0.15) is 41.3 Å². The summed E-state index contributed by atoms with van der Waals surface area (Å²) in [6.07, 6.45) is 2.69. The number of rotatable bonds is 7. The Morgan fingerprint density at radius 3 is 2.41 bits per heavy atom. The minimum absolute atomic E-state index is 0.0902. The molecule has 1 fully saturated rings. The van der Waals surface area contributed by atoms with Crippen molar-refractivity contribution in [2.24, 2.45) is 13.0 Å². The van der Waals surface area contributed by atoms with Gasteiger partial charge in [0.2, 0.25) is 0 Å². The zero-order chi connectivity index (χ0) is 26.5. The van der Waals surface area contributed by atoms with Crippen LogP contribution in [0, 0.1) is 19.8 Å². The van der Waals surface area contributed by atoms with Gasteiger partial charge in [0.1, 0.15) is 5.75 Å². The number of esters is 1. The Morgan fingerprint density at radius 2 is 1.76 bits per heavy atom. The molecule has 1 aromatic heterocycles. The fourth-order valence-corrected chi connectivity index (χ4v) is 4.35. The van der Waals surface area contributed by atoms with Crippen LogP contribution in [0.5, 0.6) is 11.5 Å². The molecule has 1 aliphatic rings. The first-order chi connectivity index (χ1) is 17.8. The van der Waals surface area contributed by atoms with E-state index >= 15 is 0 Å². The van der Waals surface area contributed by atoms with Crippen molar-refractivity contribution in [2.75, 3.05) is 25.0 Å². The molecule has 2 heterocycles. The molecular formula is C28H32N4O5. The molecule has 1 amide bonds. The van der Waals surface area contributed by atoms with Gasteiger partial charge in [-0.05, 0) is 69.5 Å². The van der Waals surface area contributed by atoms with Gasteiger partial charge in [0.15, 0.2) is 11.4 Å². The van der Waals surface area contributed by atoms with Crippen molar-refractivity contribution in [3.8, 4) is 11.5 Å². The van der Waals surface area contributed by atoms with Crippen LogP contribution < -0.4 is 15.6 Å². The van der Waals surface area contributed by atoms with Crippen LogP contribution in [0.25, 0.3) is 0 Å². The third-order valence-electron chi connectivity index (χ3n) is 6.46. The predicted molar refractivity (Wildman–Crippen MR) is 140 cm³/mol. The van der Waals surface area contributed by atoms with E-state index in [1.54, 1.807) is 43.1 Å². The summed E-state index contributed by atoms with van der Waals surface area (Å²) in [7, 11) is 1.57. The Morgan fingerprint density at radius 1 is 1.05 bits per heavy atom. The molecule has 0 spiro atoms. The van der Waals surface area contributed by atoms with Gasteiger partial charge in [-0.3, -0.25) is 14.4 Å². The van der Waals surface area contributed by atoms with Crippen molar-refractivity contribution in [3.05, 3.63) is 75.7 Å². The molecule has 1 aliphatic heterocycles. The minimum Gasteiger partial charge on any atom is -0.466 e. The maximum absolute atomic E-state index is 13.0. The number of carbonyl (C=O) groups excluding carboxylic acids is 2. The fourth-order valence-electron chi connectivity index (χ4n) is 4.35. The number of nitrogens with one attached hydrogen (secondary N) is 1. The Kier molecular flexibility index (Phi) is 7.91. The molecule has 0 aliphatic carbocycles. The summed E-state index contributed by atoms with van der Waals surface area (Å²) in [5.41, 5.74) is 3.13. The maximum atomic E-state index is 13.0. The monoisotopic (exact) mass is 504 g/mol. The van der Waals surface area contributed by atoms with Crippen LogP contribution in [-0.4, -0.2) is 46.3 Å². The molecule has 37 heavy (non-hydrogen) atoms. The lowest BCUT2D eigenvalue weighted by molar-refractivity contribution is -0.149. The highest BCUT2D eigenvalue weighted by atomic mass is 16.5. The minimum atomic E-state index is -0.341. The van der Waals surface area contributed by atoms with E-state index in [1.165, 1.54) is 10.9 Å². The molecule has 4 rings (SSSR count). The van der Waals surface area contributed by atoms with Gasteiger partial charge in [-0.25, -0.2) is 4.68 Å². The molecule has 0 atom stereocenters. The first-order valence-electron chi connectivity index (χ1n) is 12.4. The topological polar surface area (TPSA) is 103 Å². The summed E-state index contributed by atoms with van der Waals surface area (Å²) in [6.45, 7) is 7.12. The number of carbonyl (C=O) groups is 2. The Balaban J connectivity index is 1.47. The number of benzene rings is 2. The molecule has 2 aromatic carbocycles. The number of nitrogens with zero attached hydrogens (tertiary/aromatic N) is 3. The lowest BCUT2D eigenvalue weighted by Gasteiger charge is -2.31. The second-order valence-corrected chi connectivity index (χ2v) is 9.20.